The minimum atomic E-state index is -0.339. The Kier molecular flexibility index (Phi) is 3.49. The van der Waals surface area contributed by atoms with Crippen molar-refractivity contribution < 1.29 is 14.1 Å². The molecule has 1 saturated heterocycles. The van der Waals surface area contributed by atoms with Gasteiger partial charge in [-0.15, -0.1) is 0 Å². The van der Waals surface area contributed by atoms with Crippen molar-refractivity contribution in [2.75, 3.05) is 0 Å². The van der Waals surface area contributed by atoms with Crippen molar-refractivity contribution in [3.05, 3.63) is 30.1 Å². The number of Topliss-reactive ketones (excluding diaryl/α,β-unsaturated/α-hetero) is 1. The lowest BCUT2D eigenvalue weighted by Gasteiger charge is -2.47. The Morgan fingerprint density at radius 1 is 1.17 bits per heavy atom. The van der Waals surface area contributed by atoms with Gasteiger partial charge in [-0.05, 0) is 45.2 Å². The zero-order valence-corrected chi connectivity index (χ0v) is 15.0. The Morgan fingerprint density at radius 2 is 1.79 bits per heavy atom. The number of ketones is 1. The summed E-state index contributed by atoms with van der Waals surface area (Å²) >= 11 is 0. The lowest BCUT2D eigenvalue weighted by molar-refractivity contribution is -0.129. The molecule has 0 bridgehead atoms. The van der Waals surface area contributed by atoms with E-state index in [1.54, 1.807) is 6.20 Å². The fourth-order valence-electron chi connectivity index (χ4n) is 4.37. The second-order valence-corrected chi connectivity index (χ2v) is 8.78. The topological polar surface area (TPSA) is 48.4 Å². The maximum Gasteiger partial charge on any atom is 0.462 e. The summed E-state index contributed by atoms with van der Waals surface area (Å²) in [6.07, 6.45) is 7.29. The molecule has 128 valence electrons. The number of aromatic nitrogens is 1. The molecular weight excluding hydrogens is 301 g/mol. The van der Waals surface area contributed by atoms with Gasteiger partial charge >= 0.3 is 7.12 Å². The number of hydrogen-bond acceptors (Lipinski definition) is 4. The Balaban J connectivity index is 1.72. The molecule has 4 nitrogen and oxygen atoms in total. The largest absolute Gasteiger partial charge is 0.462 e. The second kappa shape index (κ2) is 5.15. The van der Waals surface area contributed by atoms with Gasteiger partial charge in [0.25, 0.3) is 0 Å². The van der Waals surface area contributed by atoms with Gasteiger partial charge < -0.3 is 9.31 Å². The molecule has 1 aliphatic heterocycles. The number of hydrogen-bond donors (Lipinski definition) is 0. The van der Waals surface area contributed by atoms with Gasteiger partial charge in [0.15, 0.2) is 0 Å². The maximum atomic E-state index is 12.0. The third kappa shape index (κ3) is 2.36. The Bertz CT molecular complexity index is 630. The van der Waals surface area contributed by atoms with Crippen LogP contribution in [-0.2, 0) is 19.5 Å². The van der Waals surface area contributed by atoms with Crippen LogP contribution in [0.4, 0.5) is 0 Å². The van der Waals surface area contributed by atoms with E-state index in [-0.39, 0.29) is 29.6 Å². The standard InChI is InChI=1S/C19H26BNO3/c1-17(2)18(3,4)24-20(23-17)16(13-7-8-13)19(10-15(22)11-19)14-6-5-9-21-12-14/h5-6,9,12-13,16H,7-8,10-11H2,1-4H3. The predicted molar refractivity (Wildman–Crippen MR) is 92.7 cm³/mol. The first-order chi connectivity index (χ1) is 11.3. The molecule has 2 heterocycles. The third-order valence-electron chi connectivity index (χ3n) is 6.59. The zero-order valence-electron chi connectivity index (χ0n) is 15.0. The summed E-state index contributed by atoms with van der Waals surface area (Å²) < 4.78 is 12.8. The van der Waals surface area contributed by atoms with Crippen LogP contribution in [0.1, 0.15) is 58.9 Å². The van der Waals surface area contributed by atoms with E-state index in [2.05, 4.69) is 38.7 Å². The number of carbonyl (C=O) groups is 1. The van der Waals surface area contributed by atoms with Crippen molar-refractivity contribution >= 4 is 12.9 Å². The van der Waals surface area contributed by atoms with Crippen LogP contribution in [-0.4, -0.2) is 29.1 Å². The molecule has 1 aromatic heterocycles. The average molecular weight is 327 g/mol. The normalized spacial score (nSPS) is 28.5. The van der Waals surface area contributed by atoms with Crippen LogP contribution in [0.2, 0.25) is 5.82 Å². The number of rotatable bonds is 4. The minimum Gasteiger partial charge on any atom is -0.403 e. The van der Waals surface area contributed by atoms with Crippen LogP contribution in [0.5, 0.6) is 0 Å². The summed E-state index contributed by atoms with van der Waals surface area (Å²) in [5.74, 6) is 1.13. The summed E-state index contributed by atoms with van der Waals surface area (Å²) in [4.78, 5) is 16.3. The van der Waals surface area contributed by atoms with E-state index in [1.165, 1.54) is 12.8 Å². The molecule has 3 fully saturated rings. The van der Waals surface area contributed by atoms with Crippen molar-refractivity contribution in [1.29, 1.82) is 0 Å². The molecule has 5 heteroatoms. The minimum absolute atomic E-state index is 0.173. The van der Waals surface area contributed by atoms with E-state index in [1.807, 2.05) is 12.3 Å². The highest BCUT2D eigenvalue weighted by Crippen LogP contribution is 2.61. The van der Waals surface area contributed by atoms with Crippen molar-refractivity contribution in [2.24, 2.45) is 5.92 Å². The van der Waals surface area contributed by atoms with Crippen molar-refractivity contribution in [3.63, 3.8) is 0 Å². The first-order valence-corrected chi connectivity index (χ1v) is 9.03. The van der Waals surface area contributed by atoms with Gasteiger partial charge in [0, 0.05) is 36.5 Å². The van der Waals surface area contributed by atoms with Crippen molar-refractivity contribution in [2.45, 2.75) is 75.8 Å². The molecule has 0 aromatic carbocycles. The number of carbonyl (C=O) groups excluding carboxylic acids is 1. The molecule has 0 radical (unpaired) electrons. The molecule has 3 aliphatic rings. The Labute approximate surface area is 144 Å². The van der Waals surface area contributed by atoms with Gasteiger partial charge in [-0.1, -0.05) is 18.9 Å². The molecule has 24 heavy (non-hydrogen) atoms. The molecule has 0 spiro atoms. The summed E-state index contributed by atoms with van der Waals surface area (Å²) in [5.41, 5.74) is 0.313. The molecule has 0 N–H and O–H groups in total. The lowest BCUT2D eigenvalue weighted by Crippen LogP contribution is -2.51. The molecule has 4 rings (SSSR count). The van der Waals surface area contributed by atoms with Crippen LogP contribution in [0.3, 0.4) is 0 Å². The van der Waals surface area contributed by atoms with Gasteiger partial charge in [-0.3, -0.25) is 9.78 Å². The van der Waals surface area contributed by atoms with Crippen LogP contribution < -0.4 is 0 Å². The fourth-order valence-corrected chi connectivity index (χ4v) is 4.37. The Morgan fingerprint density at radius 3 is 2.25 bits per heavy atom. The lowest BCUT2D eigenvalue weighted by atomic mass is 9.45. The highest BCUT2D eigenvalue weighted by molar-refractivity contribution is 6.48. The van der Waals surface area contributed by atoms with Gasteiger partial charge in [-0.25, -0.2) is 0 Å². The quantitative estimate of drug-likeness (QED) is 0.794. The molecule has 0 amide bonds. The van der Waals surface area contributed by atoms with E-state index >= 15 is 0 Å². The number of pyridine rings is 1. The summed E-state index contributed by atoms with van der Waals surface area (Å²) in [5, 5.41) is 0. The number of nitrogens with zero attached hydrogens (tertiary/aromatic N) is 1. The summed E-state index contributed by atoms with van der Waals surface area (Å²) in [7, 11) is -0.254. The molecule has 1 aromatic rings. The Hall–Kier alpha value is -1.20. The smallest absolute Gasteiger partial charge is 0.403 e. The van der Waals surface area contributed by atoms with E-state index in [0.717, 1.165) is 5.56 Å². The van der Waals surface area contributed by atoms with E-state index in [0.29, 0.717) is 24.5 Å². The molecule has 1 atom stereocenters. The average Bonchev–Trinajstić information content (AvgIpc) is 3.26. The highest BCUT2D eigenvalue weighted by atomic mass is 16.7. The monoisotopic (exact) mass is 327 g/mol. The third-order valence-corrected chi connectivity index (χ3v) is 6.59. The summed E-state index contributed by atoms with van der Waals surface area (Å²) in [6, 6.07) is 4.08. The zero-order chi connectivity index (χ0) is 17.2. The predicted octanol–water partition coefficient (Wildman–Crippen LogP) is 3.55. The molecule has 2 saturated carbocycles. The van der Waals surface area contributed by atoms with E-state index in [4.69, 9.17) is 9.31 Å². The van der Waals surface area contributed by atoms with Gasteiger partial charge in [0.2, 0.25) is 0 Å². The fraction of sp³-hybridized carbons (Fsp3) is 0.684. The van der Waals surface area contributed by atoms with Crippen LogP contribution in [0.15, 0.2) is 24.5 Å². The maximum absolute atomic E-state index is 12.0. The first kappa shape index (κ1) is 16.3. The van der Waals surface area contributed by atoms with Gasteiger partial charge in [0.1, 0.15) is 5.78 Å². The molecular formula is C19H26BNO3. The molecule has 2 aliphatic carbocycles. The van der Waals surface area contributed by atoms with E-state index in [9.17, 15) is 4.79 Å². The van der Waals surface area contributed by atoms with Crippen molar-refractivity contribution in [3.8, 4) is 0 Å². The van der Waals surface area contributed by atoms with Crippen molar-refractivity contribution in [1.82, 2.24) is 4.98 Å². The van der Waals surface area contributed by atoms with Gasteiger partial charge in [-0.2, -0.15) is 0 Å². The first-order valence-electron chi connectivity index (χ1n) is 9.03. The second-order valence-electron chi connectivity index (χ2n) is 8.78. The summed E-state index contributed by atoms with van der Waals surface area (Å²) in [6.45, 7) is 8.39. The van der Waals surface area contributed by atoms with Gasteiger partial charge in [0.05, 0.1) is 11.2 Å². The van der Waals surface area contributed by atoms with E-state index < -0.39 is 0 Å². The van der Waals surface area contributed by atoms with Crippen LogP contribution in [0.25, 0.3) is 0 Å². The van der Waals surface area contributed by atoms with Crippen LogP contribution >= 0.6 is 0 Å². The molecule has 1 unspecified atom stereocenters. The van der Waals surface area contributed by atoms with Crippen LogP contribution in [0, 0.1) is 5.92 Å². The SMILES string of the molecule is CC1(C)OB(C(C2CC2)C2(c3cccnc3)CC(=O)C2)OC1(C)C. The highest BCUT2D eigenvalue weighted by Gasteiger charge is 2.64.